The van der Waals surface area contributed by atoms with Crippen LogP contribution < -0.4 is 0 Å². The number of hydrogen-bond acceptors (Lipinski definition) is 2. The van der Waals surface area contributed by atoms with E-state index in [9.17, 15) is 0 Å². The number of rotatable bonds is 0. The minimum atomic E-state index is 0.966. The maximum Gasteiger partial charge on any atom is 0.146 e. The summed E-state index contributed by atoms with van der Waals surface area (Å²) in [7, 11) is 0. The van der Waals surface area contributed by atoms with Gasteiger partial charge in [0.25, 0.3) is 0 Å². The van der Waals surface area contributed by atoms with Gasteiger partial charge in [0.1, 0.15) is 5.65 Å². The summed E-state index contributed by atoms with van der Waals surface area (Å²) in [6, 6.07) is 28.9. The molecule has 0 spiro atoms. The van der Waals surface area contributed by atoms with Gasteiger partial charge < -0.3 is 0 Å². The Kier molecular flexibility index (Phi) is 3.14. The molecule has 3 heterocycles. The van der Waals surface area contributed by atoms with Gasteiger partial charge in [0.2, 0.25) is 0 Å². The average molecular weight is 446 g/mol. The number of para-hydroxylation sites is 2. The van der Waals surface area contributed by atoms with Gasteiger partial charge in [-0.05, 0) is 93.1 Å². The van der Waals surface area contributed by atoms with Crippen LogP contribution in [0.25, 0.3) is 60.6 Å². The number of pyridine rings is 2. The molecule has 2 aliphatic carbocycles. The monoisotopic (exact) mass is 445 g/mol. The Labute approximate surface area is 201 Å². The third-order valence-electron chi connectivity index (χ3n) is 8.07. The van der Waals surface area contributed by atoms with Gasteiger partial charge in [0.15, 0.2) is 0 Å². The van der Waals surface area contributed by atoms with Crippen LogP contribution >= 0.6 is 0 Å². The summed E-state index contributed by atoms with van der Waals surface area (Å²) in [6.07, 6.45) is 5.89. The van der Waals surface area contributed by atoms with Crippen LogP contribution in [0.15, 0.2) is 91.3 Å². The molecule has 2 aliphatic rings. The van der Waals surface area contributed by atoms with Gasteiger partial charge in [0, 0.05) is 23.2 Å². The first kappa shape index (κ1) is 17.9. The van der Waals surface area contributed by atoms with Crippen LogP contribution in [0, 0.1) is 0 Å². The molecule has 3 aromatic heterocycles. The van der Waals surface area contributed by atoms with Gasteiger partial charge >= 0.3 is 0 Å². The summed E-state index contributed by atoms with van der Waals surface area (Å²) < 4.78 is 2.30. The van der Waals surface area contributed by atoms with Crippen molar-refractivity contribution in [1.29, 1.82) is 0 Å². The third kappa shape index (κ3) is 2.17. The average Bonchev–Trinajstić information content (AvgIpc) is 3.58. The van der Waals surface area contributed by atoms with E-state index in [4.69, 9.17) is 4.98 Å². The SMILES string of the molecule is c1ccc2c(c1)Cc1ccc3c(c1-2)-c1cc2c4cnccc4n4c5ccccc5nc4c2cc1C3. The molecule has 0 amide bonds. The first-order chi connectivity index (χ1) is 17.3. The van der Waals surface area contributed by atoms with Gasteiger partial charge in [-0.3, -0.25) is 9.38 Å². The smallest absolute Gasteiger partial charge is 0.146 e. The molecule has 162 valence electrons. The van der Waals surface area contributed by atoms with Crippen molar-refractivity contribution in [1.82, 2.24) is 14.4 Å². The molecule has 0 atom stereocenters. The molecule has 0 unspecified atom stereocenters. The number of imidazole rings is 1. The number of hydrogen-bond donors (Lipinski definition) is 0. The fraction of sp³-hybridized carbons (Fsp3) is 0.0625. The molecule has 7 aromatic rings. The lowest BCUT2D eigenvalue weighted by molar-refractivity contribution is 1.23. The second-order valence-corrected chi connectivity index (χ2v) is 9.85. The van der Waals surface area contributed by atoms with Gasteiger partial charge in [-0.15, -0.1) is 0 Å². The topological polar surface area (TPSA) is 30.2 Å². The largest absolute Gasteiger partial charge is 0.292 e. The lowest BCUT2D eigenvalue weighted by Gasteiger charge is -2.13. The standard InChI is InChI=1S/C32H19N3/c1-2-6-22-18(5-1)13-19-9-10-20-14-21-15-25-24(16-23(21)31(20)30(19)22)26-17-33-12-11-28(26)35-29-8-4-3-7-27(29)34-32(25)35/h1-12,15-17H,13-14H2. The minimum Gasteiger partial charge on any atom is -0.292 e. The minimum absolute atomic E-state index is 0.966. The van der Waals surface area contributed by atoms with Crippen LogP contribution in [-0.4, -0.2) is 14.4 Å². The predicted octanol–water partition coefficient (Wildman–Crippen LogP) is 7.33. The summed E-state index contributed by atoms with van der Waals surface area (Å²) >= 11 is 0. The number of nitrogens with zero attached hydrogens (tertiary/aromatic N) is 3. The molecule has 0 N–H and O–H groups in total. The molecule has 35 heavy (non-hydrogen) atoms. The van der Waals surface area contributed by atoms with Crippen molar-refractivity contribution >= 4 is 38.4 Å². The maximum absolute atomic E-state index is 5.10. The van der Waals surface area contributed by atoms with Gasteiger partial charge in [-0.1, -0.05) is 48.5 Å². The molecule has 3 heteroatoms. The summed E-state index contributed by atoms with van der Waals surface area (Å²) in [6.45, 7) is 0. The Bertz CT molecular complexity index is 2060. The molecule has 0 bridgehead atoms. The maximum atomic E-state index is 5.10. The van der Waals surface area contributed by atoms with E-state index in [0.29, 0.717) is 0 Å². The molecule has 9 rings (SSSR count). The summed E-state index contributed by atoms with van der Waals surface area (Å²) in [5.74, 6) is 0. The summed E-state index contributed by atoms with van der Waals surface area (Å²) in [5, 5.41) is 3.60. The highest BCUT2D eigenvalue weighted by Gasteiger charge is 2.29. The molecule has 3 nitrogen and oxygen atoms in total. The van der Waals surface area contributed by atoms with Crippen LogP contribution in [0.3, 0.4) is 0 Å². The van der Waals surface area contributed by atoms with Crippen LogP contribution in [0.1, 0.15) is 22.3 Å². The molecule has 0 saturated carbocycles. The molecule has 0 aliphatic heterocycles. The van der Waals surface area contributed by atoms with Crippen LogP contribution in [0.4, 0.5) is 0 Å². The Morgan fingerprint density at radius 2 is 1.40 bits per heavy atom. The fourth-order valence-corrected chi connectivity index (χ4v) is 6.60. The summed E-state index contributed by atoms with van der Waals surface area (Å²) in [4.78, 5) is 9.62. The van der Waals surface area contributed by atoms with E-state index in [-0.39, 0.29) is 0 Å². The molecular weight excluding hydrogens is 426 g/mol. The fourth-order valence-electron chi connectivity index (χ4n) is 6.60. The number of aromatic nitrogens is 3. The van der Waals surface area contributed by atoms with Crippen LogP contribution in [0.5, 0.6) is 0 Å². The second-order valence-electron chi connectivity index (χ2n) is 9.85. The summed E-state index contributed by atoms with van der Waals surface area (Å²) in [5.41, 5.74) is 15.7. The van der Waals surface area contributed by atoms with Gasteiger partial charge in [-0.2, -0.15) is 0 Å². The Morgan fingerprint density at radius 3 is 2.34 bits per heavy atom. The first-order valence-electron chi connectivity index (χ1n) is 12.2. The molecule has 0 radical (unpaired) electrons. The Hall–Kier alpha value is -4.50. The first-order valence-corrected chi connectivity index (χ1v) is 12.2. The van der Waals surface area contributed by atoms with Crippen molar-refractivity contribution in [3.8, 4) is 22.3 Å². The van der Waals surface area contributed by atoms with Crippen molar-refractivity contribution in [3.05, 3.63) is 114 Å². The predicted molar refractivity (Wildman–Crippen MR) is 142 cm³/mol. The van der Waals surface area contributed by atoms with E-state index in [1.54, 1.807) is 0 Å². The molecule has 0 saturated heterocycles. The van der Waals surface area contributed by atoms with Crippen molar-refractivity contribution < 1.29 is 0 Å². The van der Waals surface area contributed by atoms with Crippen molar-refractivity contribution in [3.63, 3.8) is 0 Å². The quantitative estimate of drug-likeness (QED) is 0.229. The van der Waals surface area contributed by atoms with Crippen molar-refractivity contribution in [2.45, 2.75) is 12.8 Å². The lowest BCUT2D eigenvalue weighted by Crippen LogP contribution is -1.93. The second kappa shape index (κ2) is 6.13. The van der Waals surface area contributed by atoms with E-state index < -0.39 is 0 Å². The van der Waals surface area contributed by atoms with Gasteiger partial charge in [-0.25, -0.2) is 4.98 Å². The Morgan fingerprint density at radius 1 is 0.600 bits per heavy atom. The zero-order valence-electron chi connectivity index (χ0n) is 18.9. The van der Waals surface area contributed by atoms with E-state index in [1.165, 1.54) is 60.7 Å². The van der Waals surface area contributed by atoms with Gasteiger partial charge in [0.05, 0.1) is 16.6 Å². The van der Waals surface area contributed by atoms with E-state index in [0.717, 1.165) is 35.0 Å². The van der Waals surface area contributed by atoms with Crippen LogP contribution in [-0.2, 0) is 12.8 Å². The normalized spacial score (nSPS) is 13.5. The van der Waals surface area contributed by atoms with E-state index in [2.05, 4.69) is 88.2 Å². The molecular formula is C32H19N3. The Balaban J connectivity index is 1.44. The molecule has 0 fully saturated rings. The number of fused-ring (bicyclic) bond motifs is 15. The zero-order valence-corrected chi connectivity index (χ0v) is 18.9. The van der Waals surface area contributed by atoms with Crippen LogP contribution in [0.2, 0.25) is 0 Å². The van der Waals surface area contributed by atoms with Crippen molar-refractivity contribution in [2.24, 2.45) is 0 Å². The van der Waals surface area contributed by atoms with E-state index >= 15 is 0 Å². The highest BCUT2D eigenvalue weighted by atomic mass is 15.0. The van der Waals surface area contributed by atoms with Crippen molar-refractivity contribution in [2.75, 3.05) is 0 Å². The van der Waals surface area contributed by atoms with E-state index in [1.807, 2.05) is 12.4 Å². The highest BCUT2D eigenvalue weighted by molar-refractivity contribution is 6.15. The lowest BCUT2D eigenvalue weighted by atomic mass is 9.92. The number of benzene rings is 4. The third-order valence-corrected chi connectivity index (χ3v) is 8.07. The zero-order chi connectivity index (χ0) is 22.7. The highest BCUT2D eigenvalue weighted by Crippen LogP contribution is 2.50. The molecule has 4 aromatic carbocycles.